The molecule has 0 spiro atoms. The van der Waals surface area contributed by atoms with Crippen molar-refractivity contribution in [2.75, 3.05) is 0 Å². The van der Waals surface area contributed by atoms with Crippen LogP contribution in [0.5, 0.6) is 0 Å². The summed E-state index contributed by atoms with van der Waals surface area (Å²) in [6, 6.07) is 14.2. The minimum Gasteiger partial charge on any atom is -0.228 e. The van der Waals surface area contributed by atoms with Gasteiger partial charge in [-0.3, -0.25) is 0 Å². The summed E-state index contributed by atoms with van der Waals surface area (Å²) in [7, 11) is 0. The highest BCUT2D eigenvalue weighted by Crippen LogP contribution is 2.32. The second-order valence-corrected chi connectivity index (χ2v) is 6.33. The standard InChI is InChI=1S/C17H9BrClF3N2/c18-12-3-1-2-11(8-12)16-23-14(9-15(24-16)17(20,21)22)10-4-6-13(19)7-5-10/h1-9H. The van der Waals surface area contributed by atoms with Crippen molar-refractivity contribution in [3.63, 3.8) is 0 Å². The molecule has 0 fully saturated rings. The summed E-state index contributed by atoms with van der Waals surface area (Å²) in [4.78, 5) is 7.96. The number of nitrogens with zero attached hydrogens (tertiary/aromatic N) is 2. The van der Waals surface area contributed by atoms with E-state index < -0.39 is 11.9 Å². The van der Waals surface area contributed by atoms with Gasteiger partial charge in [0.1, 0.15) is 5.69 Å². The van der Waals surface area contributed by atoms with Crippen LogP contribution < -0.4 is 0 Å². The second kappa shape index (κ2) is 6.53. The van der Waals surface area contributed by atoms with Crippen molar-refractivity contribution < 1.29 is 13.2 Å². The quantitative estimate of drug-likeness (QED) is 0.496. The van der Waals surface area contributed by atoms with Gasteiger partial charge in [-0.25, -0.2) is 9.97 Å². The van der Waals surface area contributed by atoms with Crippen molar-refractivity contribution in [1.29, 1.82) is 0 Å². The Kier molecular flexibility index (Phi) is 4.60. The van der Waals surface area contributed by atoms with Crippen molar-refractivity contribution >= 4 is 27.5 Å². The molecule has 1 aromatic heterocycles. The maximum absolute atomic E-state index is 13.2. The summed E-state index contributed by atoms with van der Waals surface area (Å²) < 4.78 is 40.3. The molecule has 0 aliphatic heterocycles. The van der Waals surface area contributed by atoms with Crippen molar-refractivity contribution in [3.05, 3.63) is 69.8 Å². The van der Waals surface area contributed by atoms with Gasteiger partial charge in [0.15, 0.2) is 5.82 Å². The largest absolute Gasteiger partial charge is 0.433 e. The van der Waals surface area contributed by atoms with E-state index in [0.29, 0.717) is 16.1 Å². The third-order valence-electron chi connectivity index (χ3n) is 3.24. The molecule has 0 aliphatic carbocycles. The fourth-order valence-corrected chi connectivity index (χ4v) is 2.64. The minimum absolute atomic E-state index is 0.0103. The number of alkyl halides is 3. The molecule has 0 saturated carbocycles. The Morgan fingerprint density at radius 3 is 2.21 bits per heavy atom. The molecular weight excluding hydrogens is 405 g/mol. The van der Waals surface area contributed by atoms with E-state index in [1.807, 2.05) is 0 Å². The zero-order chi connectivity index (χ0) is 17.3. The summed E-state index contributed by atoms with van der Waals surface area (Å²) in [5, 5.41) is 0.496. The molecule has 3 aromatic rings. The first-order chi connectivity index (χ1) is 11.3. The molecule has 0 aliphatic rings. The van der Waals surface area contributed by atoms with Gasteiger partial charge in [-0.15, -0.1) is 0 Å². The smallest absolute Gasteiger partial charge is 0.228 e. The van der Waals surface area contributed by atoms with Gasteiger partial charge in [0.25, 0.3) is 0 Å². The number of aromatic nitrogens is 2. The van der Waals surface area contributed by atoms with Gasteiger partial charge in [-0.2, -0.15) is 13.2 Å². The monoisotopic (exact) mass is 412 g/mol. The van der Waals surface area contributed by atoms with E-state index in [2.05, 4.69) is 25.9 Å². The lowest BCUT2D eigenvalue weighted by atomic mass is 10.1. The van der Waals surface area contributed by atoms with Gasteiger partial charge in [0, 0.05) is 20.6 Å². The first-order valence-electron chi connectivity index (χ1n) is 6.81. The average molecular weight is 414 g/mol. The van der Waals surface area contributed by atoms with E-state index in [0.717, 1.165) is 10.5 Å². The highest BCUT2D eigenvalue weighted by atomic mass is 79.9. The van der Waals surface area contributed by atoms with E-state index in [1.54, 1.807) is 48.5 Å². The first kappa shape index (κ1) is 16.9. The molecule has 1 heterocycles. The maximum atomic E-state index is 13.2. The topological polar surface area (TPSA) is 25.8 Å². The van der Waals surface area contributed by atoms with Crippen molar-refractivity contribution in [2.45, 2.75) is 6.18 Å². The Labute approximate surface area is 149 Å². The van der Waals surface area contributed by atoms with Crippen LogP contribution in [-0.4, -0.2) is 9.97 Å². The Hall–Kier alpha value is -1.92. The first-order valence-corrected chi connectivity index (χ1v) is 7.98. The number of benzene rings is 2. The molecule has 0 radical (unpaired) electrons. The highest BCUT2D eigenvalue weighted by Gasteiger charge is 2.34. The lowest BCUT2D eigenvalue weighted by molar-refractivity contribution is -0.141. The number of rotatable bonds is 2. The van der Waals surface area contributed by atoms with Crippen LogP contribution in [0.15, 0.2) is 59.1 Å². The molecule has 2 nitrogen and oxygen atoms in total. The summed E-state index contributed by atoms with van der Waals surface area (Å²) >= 11 is 9.13. The summed E-state index contributed by atoms with van der Waals surface area (Å²) in [5.74, 6) is 0.0103. The molecule has 0 atom stereocenters. The normalized spacial score (nSPS) is 11.5. The lowest BCUT2D eigenvalue weighted by Crippen LogP contribution is -2.10. The fourth-order valence-electron chi connectivity index (χ4n) is 2.12. The SMILES string of the molecule is FC(F)(F)c1cc(-c2ccc(Cl)cc2)nc(-c2cccc(Br)c2)n1. The van der Waals surface area contributed by atoms with Crippen LogP contribution in [0.3, 0.4) is 0 Å². The number of halogens is 5. The Balaban J connectivity index is 2.19. The molecule has 2 aromatic carbocycles. The van der Waals surface area contributed by atoms with Crippen LogP contribution >= 0.6 is 27.5 Å². The third-order valence-corrected chi connectivity index (χ3v) is 3.98. The molecule has 0 saturated heterocycles. The van der Waals surface area contributed by atoms with Crippen LogP contribution in [0.2, 0.25) is 5.02 Å². The highest BCUT2D eigenvalue weighted by molar-refractivity contribution is 9.10. The molecule has 122 valence electrons. The number of hydrogen-bond donors (Lipinski definition) is 0. The van der Waals surface area contributed by atoms with E-state index in [-0.39, 0.29) is 11.5 Å². The van der Waals surface area contributed by atoms with E-state index in [4.69, 9.17) is 11.6 Å². The van der Waals surface area contributed by atoms with Crippen LogP contribution in [0, 0.1) is 0 Å². The van der Waals surface area contributed by atoms with Gasteiger partial charge >= 0.3 is 6.18 Å². The fraction of sp³-hybridized carbons (Fsp3) is 0.0588. The molecule has 0 bridgehead atoms. The van der Waals surface area contributed by atoms with Crippen molar-refractivity contribution in [2.24, 2.45) is 0 Å². The number of hydrogen-bond acceptors (Lipinski definition) is 2. The molecule has 0 unspecified atom stereocenters. The zero-order valence-electron chi connectivity index (χ0n) is 12.0. The van der Waals surface area contributed by atoms with Gasteiger partial charge in [0.2, 0.25) is 0 Å². The molecule has 7 heteroatoms. The molecule has 0 amide bonds. The van der Waals surface area contributed by atoms with Crippen LogP contribution in [0.4, 0.5) is 13.2 Å². The Morgan fingerprint density at radius 2 is 1.58 bits per heavy atom. The molecule has 0 N–H and O–H groups in total. The van der Waals surface area contributed by atoms with Gasteiger partial charge in [-0.05, 0) is 30.3 Å². The van der Waals surface area contributed by atoms with E-state index in [9.17, 15) is 13.2 Å². The second-order valence-electron chi connectivity index (χ2n) is 4.98. The third kappa shape index (κ3) is 3.76. The van der Waals surface area contributed by atoms with Crippen LogP contribution in [0.25, 0.3) is 22.6 Å². The molecule has 3 rings (SSSR count). The van der Waals surface area contributed by atoms with Crippen molar-refractivity contribution in [3.8, 4) is 22.6 Å². The Morgan fingerprint density at radius 1 is 0.875 bits per heavy atom. The van der Waals surface area contributed by atoms with Crippen LogP contribution in [-0.2, 0) is 6.18 Å². The lowest BCUT2D eigenvalue weighted by Gasteiger charge is -2.11. The predicted octanol–water partition coefficient (Wildman–Crippen LogP) is 6.25. The van der Waals surface area contributed by atoms with Crippen molar-refractivity contribution in [1.82, 2.24) is 9.97 Å². The maximum Gasteiger partial charge on any atom is 0.433 e. The van der Waals surface area contributed by atoms with Gasteiger partial charge < -0.3 is 0 Å². The summed E-state index contributed by atoms with van der Waals surface area (Å²) in [6.45, 7) is 0. The summed E-state index contributed by atoms with van der Waals surface area (Å²) in [5.41, 5.74) is 0.218. The van der Waals surface area contributed by atoms with E-state index >= 15 is 0 Å². The van der Waals surface area contributed by atoms with Gasteiger partial charge in [0.05, 0.1) is 5.69 Å². The van der Waals surface area contributed by atoms with Gasteiger partial charge in [-0.1, -0.05) is 51.8 Å². The Bertz CT molecular complexity index is 880. The minimum atomic E-state index is -4.56. The van der Waals surface area contributed by atoms with Crippen LogP contribution in [0.1, 0.15) is 5.69 Å². The average Bonchev–Trinajstić information content (AvgIpc) is 2.54. The predicted molar refractivity (Wildman–Crippen MR) is 90.6 cm³/mol. The molecular formula is C17H9BrClF3N2. The summed E-state index contributed by atoms with van der Waals surface area (Å²) in [6.07, 6.45) is -4.56. The van der Waals surface area contributed by atoms with E-state index in [1.165, 1.54) is 0 Å². The molecule has 24 heavy (non-hydrogen) atoms. The zero-order valence-corrected chi connectivity index (χ0v) is 14.3.